The molecule has 1 saturated heterocycles. The summed E-state index contributed by atoms with van der Waals surface area (Å²) in [6, 6.07) is 9.14. The Morgan fingerprint density at radius 1 is 1.07 bits per heavy atom. The average molecular weight is 428 g/mol. The van der Waals surface area contributed by atoms with Gasteiger partial charge < -0.3 is 0 Å². The highest BCUT2D eigenvalue weighted by atomic mass is 32.2. The molecule has 11 heteroatoms. The number of hydrogen-bond acceptors (Lipinski definition) is 7. The zero-order chi connectivity index (χ0) is 21.2. The predicted octanol–water partition coefficient (Wildman–Crippen LogP) is -0.155. The molecule has 0 spiro atoms. The van der Waals surface area contributed by atoms with E-state index in [4.69, 9.17) is 5.10 Å². The third-order valence-corrected chi connectivity index (χ3v) is 7.48. The van der Waals surface area contributed by atoms with E-state index in [1.165, 1.54) is 11.6 Å². The number of nitrogens with zero attached hydrogens (tertiary/aromatic N) is 6. The van der Waals surface area contributed by atoms with Crippen molar-refractivity contribution in [3.8, 4) is 0 Å². The van der Waals surface area contributed by atoms with E-state index in [2.05, 4.69) is 4.98 Å². The lowest BCUT2D eigenvalue weighted by Crippen LogP contribution is -2.40. The lowest BCUT2D eigenvalue weighted by molar-refractivity contribution is 0.595. The molecule has 0 amide bonds. The summed E-state index contributed by atoms with van der Waals surface area (Å²) < 4.78 is 28.3. The molecule has 1 fully saturated rings. The molecule has 5 rings (SSSR count). The largest absolute Gasteiger partial charge is 0.332 e. The molecular weight excluding hydrogens is 408 g/mol. The second kappa shape index (κ2) is 6.39. The van der Waals surface area contributed by atoms with Crippen molar-refractivity contribution in [3.05, 3.63) is 56.7 Å². The van der Waals surface area contributed by atoms with Crippen LogP contribution >= 0.6 is 0 Å². The van der Waals surface area contributed by atoms with Gasteiger partial charge in [-0.15, -0.1) is 0 Å². The van der Waals surface area contributed by atoms with Gasteiger partial charge in [0.25, 0.3) is 5.56 Å². The SMILES string of the molecule is Cn1c(=O)c2c(nc3n2CC(c2ccccc2)=NN3C2CCS(=O)(=O)C2)n(C)c1=O. The maximum atomic E-state index is 12.9. The van der Waals surface area contributed by atoms with Crippen molar-refractivity contribution in [1.29, 1.82) is 0 Å². The molecule has 0 aliphatic carbocycles. The van der Waals surface area contributed by atoms with Crippen molar-refractivity contribution in [2.24, 2.45) is 19.2 Å². The molecule has 156 valence electrons. The van der Waals surface area contributed by atoms with E-state index in [-0.39, 0.29) is 23.2 Å². The van der Waals surface area contributed by atoms with Gasteiger partial charge in [-0.2, -0.15) is 10.1 Å². The lowest BCUT2D eigenvalue weighted by atomic mass is 10.1. The number of imidazole rings is 1. The minimum atomic E-state index is -3.16. The molecule has 3 aromatic rings. The summed E-state index contributed by atoms with van der Waals surface area (Å²) in [6.07, 6.45) is 0.425. The van der Waals surface area contributed by atoms with Crippen molar-refractivity contribution in [2.45, 2.75) is 19.0 Å². The molecule has 30 heavy (non-hydrogen) atoms. The van der Waals surface area contributed by atoms with Crippen LogP contribution in [0.3, 0.4) is 0 Å². The minimum Gasteiger partial charge on any atom is -0.297 e. The van der Waals surface area contributed by atoms with Gasteiger partial charge in [-0.1, -0.05) is 30.3 Å². The standard InChI is InChI=1S/C19H20N6O4S/c1-22-16-15(17(26)23(2)19(22)27)24-10-14(12-6-4-3-5-7-12)21-25(18(24)20-16)13-8-9-30(28,29)11-13/h3-7,13H,8-11H2,1-2H3. The van der Waals surface area contributed by atoms with Crippen LogP contribution in [0, 0.1) is 0 Å². The third kappa shape index (κ3) is 2.72. The van der Waals surface area contributed by atoms with Crippen LogP contribution in [0.1, 0.15) is 12.0 Å². The van der Waals surface area contributed by atoms with E-state index in [9.17, 15) is 18.0 Å². The van der Waals surface area contributed by atoms with Gasteiger partial charge in [-0.25, -0.2) is 18.2 Å². The Bertz CT molecular complexity index is 1430. The Morgan fingerprint density at radius 3 is 2.47 bits per heavy atom. The second-order valence-electron chi connectivity index (χ2n) is 7.69. The van der Waals surface area contributed by atoms with Crippen LogP contribution in [0.25, 0.3) is 11.2 Å². The van der Waals surface area contributed by atoms with Crippen molar-refractivity contribution in [2.75, 3.05) is 16.5 Å². The topological polar surface area (TPSA) is 112 Å². The highest BCUT2D eigenvalue weighted by Gasteiger charge is 2.37. The average Bonchev–Trinajstić information content (AvgIpc) is 3.30. The molecule has 1 aromatic carbocycles. The van der Waals surface area contributed by atoms with Gasteiger partial charge in [-0.05, 0) is 12.0 Å². The van der Waals surface area contributed by atoms with Gasteiger partial charge in [0.2, 0.25) is 5.95 Å². The molecule has 1 atom stereocenters. The first-order valence-electron chi connectivity index (χ1n) is 9.55. The number of rotatable bonds is 2. The van der Waals surface area contributed by atoms with E-state index in [1.54, 1.807) is 16.6 Å². The maximum Gasteiger partial charge on any atom is 0.332 e. The minimum absolute atomic E-state index is 0.0291. The first-order chi connectivity index (χ1) is 14.3. The number of aryl methyl sites for hydroxylation is 1. The van der Waals surface area contributed by atoms with E-state index in [1.807, 2.05) is 30.3 Å². The van der Waals surface area contributed by atoms with E-state index < -0.39 is 21.1 Å². The summed E-state index contributed by atoms with van der Waals surface area (Å²) in [4.78, 5) is 29.9. The molecule has 0 saturated carbocycles. The van der Waals surface area contributed by atoms with Gasteiger partial charge in [0.05, 0.1) is 29.8 Å². The number of anilines is 1. The number of benzene rings is 1. The smallest absolute Gasteiger partial charge is 0.297 e. The monoisotopic (exact) mass is 428 g/mol. The lowest BCUT2D eigenvalue weighted by Gasteiger charge is -2.30. The Morgan fingerprint density at radius 2 is 1.80 bits per heavy atom. The quantitative estimate of drug-likeness (QED) is 0.561. The van der Waals surface area contributed by atoms with Gasteiger partial charge in [-0.3, -0.25) is 18.5 Å². The summed E-state index contributed by atoms with van der Waals surface area (Å²) in [7, 11) is -0.165. The third-order valence-electron chi connectivity index (χ3n) is 5.73. The summed E-state index contributed by atoms with van der Waals surface area (Å²) in [5.41, 5.74) is 1.21. The van der Waals surface area contributed by atoms with Gasteiger partial charge >= 0.3 is 5.69 Å². The second-order valence-corrected chi connectivity index (χ2v) is 9.92. The summed E-state index contributed by atoms with van der Waals surface area (Å²) in [5, 5.41) is 6.36. The Labute approximate surface area is 171 Å². The molecule has 4 heterocycles. The number of hydrazone groups is 1. The summed E-state index contributed by atoms with van der Waals surface area (Å²) in [6.45, 7) is 0.291. The highest BCUT2D eigenvalue weighted by Crippen LogP contribution is 2.30. The van der Waals surface area contributed by atoms with Crippen molar-refractivity contribution >= 4 is 32.7 Å². The Kier molecular flexibility index (Phi) is 4.01. The first kappa shape index (κ1) is 18.8. The summed E-state index contributed by atoms with van der Waals surface area (Å²) in [5.74, 6) is 0.439. The maximum absolute atomic E-state index is 12.9. The Hall–Kier alpha value is -3.21. The van der Waals surface area contributed by atoms with Gasteiger partial charge in [0.1, 0.15) is 0 Å². The molecule has 2 aromatic heterocycles. The van der Waals surface area contributed by atoms with E-state index >= 15 is 0 Å². The zero-order valence-corrected chi connectivity index (χ0v) is 17.3. The molecule has 0 bridgehead atoms. The molecule has 0 N–H and O–H groups in total. The van der Waals surface area contributed by atoms with Crippen molar-refractivity contribution in [1.82, 2.24) is 18.7 Å². The predicted molar refractivity (Wildman–Crippen MR) is 113 cm³/mol. The molecule has 1 unspecified atom stereocenters. The molecule has 10 nitrogen and oxygen atoms in total. The van der Waals surface area contributed by atoms with Crippen LogP contribution in [-0.2, 0) is 30.5 Å². The number of hydrogen-bond donors (Lipinski definition) is 0. The fraction of sp³-hybridized carbons (Fsp3) is 0.368. The normalized spacial score (nSPS) is 20.4. The molecule has 2 aliphatic heterocycles. The van der Waals surface area contributed by atoms with Crippen LogP contribution in [0.4, 0.5) is 5.95 Å². The number of fused-ring (bicyclic) bond motifs is 3. The Balaban J connectivity index is 1.77. The van der Waals surface area contributed by atoms with Gasteiger partial charge in [0.15, 0.2) is 21.0 Å². The van der Waals surface area contributed by atoms with Gasteiger partial charge in [0, 0.05) is 14.1 Å². The highest BCUT2D eigenvalue weighted by molar-refractivity contribution is 7.91. The van der Waals surface area contributed by atoms with Crippen molar-refractivity contribution in [3.63, 3.8) is 0 Å². The van der Waals surface area contributed by atoms with Crippen LogP contribution in [0.5, 0.6) is 0 Å². The number of sulfone groups is 1. The van der Waals surface area contributed by atoms with Crippen molar-refractivity contribution < 1.29 is 8.42 Å². The van der Waals surface area contributed by atoms with Crippen LogP contribution < -0.4 is 16.3 Å². The van der Waals surface area contributed by atoms with Crippen LogP contribution in [-0.4, -0.2) is 50.4 Å². The summed E-state index contributed by atoms with van der Waals surface area (Å²) >= 11 is 0. The van der Waals surface area contributed by atoms with E-state index in [0.29, 0.717) is 30.1 Å². The van der Waals surface area contributed by atoms with Crippen LogP contribution in [0.15, 0.2) is 45.0 Å². The molecular formula is C19H20N6O4S. The molecule has 0 radical (unpaired) electrons. The fourth-order valence-corrected chi connectivity index (χ4v) is 5.80. The zero-order valence-electron chi connectivity index (χ0n) is 16.5. The fourth-order valence-electron chi connectivity index (χ4n) is 4.11. The van der Waals surface area contributed by atoms with E-state index in [0.717, 1.165) is 10.1 Å². The molecule has 2 aliphatic rings. The van der Waals surface area contributed by atoms with Crippen LogP contribution in [0.2, 0.25) is 0 Å². The first-order valence-corrected chi connectivity index (χ1v) is 11.4. The number of aromatic nitrogens is 4.